The van der Waals surface area contributed by atoms with Crippen LogP contribution in [0.2, 0.25) is 0 Å². The molecule has 0 aromatic heterocycles. The van der Waals surface area contributed by atoms with E-state index in [0.717, 1.165) is 0 Å². The van der Waals surface area contributed by atoms with Crippen molar-refractivity contribution in [3.8, 4) is 11.8 Å². The second-order valence-electron chi connectivity index (χ2n) is 3.07. The minimum Gasteiger partial charge on any atom is -0.373 e. The monoisotopic (exact) mass is 242 g/mol. The Morgan fingerprint density at radius 3 is 2.50 bits per heavy atom. The summed E-state index contributed by atoms with van der Waals surface area (Å²) in [6.45, 7) is 0.0786. The van der Waals surface area contributed by atoms with Crippen molar-refractivity contribution in [2.45, 2.75) is 31.7 Å². The molecule has 16 heavy (non-hydrogen) atoms. The first-order valence-electron chi connectivity index (χ1n) is 4.53. The number of rotatable bonds is 7. The van der Waals surface area contributed by atoms with Crippen LogP contribution in [0, 0.1) is 11.8 Å². The van der Waals surface area contributed by atoms with Crippen molar-refractivity contribution in [3.05, 3.63) is 0 Å². The van der Waals surface area contributed by atoms with Crippen molar-refractivity contribution in [3.63, 3.8) is 0 Å². The molecule has 1 unspecified atom stereocenters. The van der Waals surface area contributed by atoms with Crippen LogP contribution in [-0.2, 0) is 4.74 Å². The van der Waals surface area contributed by atoms with Gasteiger partial charge in [0.25, 0.3) is 0 Å². The molecule has 0 bridgehead atoms. The van der Waals surface area contributed by atoms with Crippen LogP contribution >= 0.6 is 0 Å². The SMILES string of the molecule is CC#CCC(COCC(F)(F)C(F)F)NN. The summed E-state index contributed by atoms with van der Waals surface area (Å²) in [6, 6.07) is -0.457. The topological polar surface area (TPSA) is 47.3 Å². The quantitative estimate of drug-likeness (QED) is 0.305. The number of ether oxygens (including phenoxy) is 1. The molecule has 0 radical (unpaired) electrons. The van der Waals surface area contributed by atoms with Gasteiger partial charge in [0.15, 0.2) is 0 Å². The highest BCUT2D eigenvalue weighted by molar-refractivity contribution is 4.97. The summed E-state index contributed by atoms with van der Waals surface area (Å²) in [6.07, 6.45) is -3.43. The van der Waals surface area contributed by atoms with E-state index in [9.17, 15) is 17.6 Å². The smallest absolute Gasteiger partial charge is 0.330 e. The standard InChI is InChI=1S/C9H14F4N2O/c1-2-3-4-7(15-14)5-16-6-9(12,13)8(10)11/h7-8,15H,4-6,14H2,1H3. The molecule has 3 nitrogen and oxygen atoms in total. The second-order valence-corrected chi connectivity index (χ2v) is 3.07. The van der Waals surface area contributed by atoms with Crippen molar-refractivity contribution in [2.24, 2.45) is 5.84 Å². The summed E-state index contributed by atoms with van der Waals surface area (Å²) >= 11 is 0. The third-order valence-electron chi connectivity index (χ3n) is 1.69. The van der Waals surface area contributed by atoms with Crippen LogP contribution in [0.25, 0.3) is 0 Å². The predicted octanol–water partition coefficient (Wildman–Crippen LogP) is 1.15. The van der Waals surface area contributed by atoms with Gasteiger partial charge in [0.1, 0.15) is 6.61 Å². The van der Waals surface area contributed by atoms with Crippen LogP contribution in [0.3, 0.4) is 0 Å². The molecule has 0 fully saturated rings. The summed E-state index contributed by atoms with van der Waals surface area (Å²) in [7, 11) is 0. The van der Waals surface area contributed by atoms with Gasteiger partial charge in [-0.25, -0.2) is 8.78 Å². The molecule has 0 aliphatic rings. The lowest BCUT2D eigenvalue weighted by molar-refractivity contribution is -0.167. The molecule has 7 heteroatoms. The van der Waals surface area contributed by atoms with E-state index in [2.05, 4.69) is 22.0 Å². The molecule has 0 saturated carbocycles. The maximum Gasteiger partial charge on any atom is 0.330 e. The van der Waals surface area contributed by atoms with Gasteiger partial charge >= 0.3 is 12.3 Å². The Morgan fingerprint density at radius 1 is 1.44 bits per heavy atom. The molecule has 0 heterocycles. The minimum absolute atomic E-state index is 0.201. The van der Waals surface area contributed by atoms with Crippen molar-refractivity contribution in [1.82, 2.24) is 5.43 Å². The molecule has 3 N–H and O–H groups in total. The Hall–Kier alpha value is -0.840. The molecule has 0 aromatic carbocycles. The summed E-state index contributed by atoms with van der Waals surface area (Å²) in [5.74, 6) is 6.21. The van der Waals surface area contributed by atoms with Gasteiger partial charge in [0.2, 0.25) is 0 Å². The lowest BCUT2D eigenvalue weighted by atomic mass is 10.2. The fourth-order valence-electron chi connectivity index (χ4n) is 0.791. The lowest BCUT2D eigenvalue weighted by Crippen LogP contribution is -2.40. The molecular formula is C9H14F4N2O. The van der Waals surface area contributed by atoms with Crippen molar-refractivity contribution in [1.29, 1.82) is 0 Å². The number of hydrogen-bond donors (Lipinski definition) is 2. The highest BCUT2D eigenvalue weighted by Crippen LogP contribution is 2.22. The fourth-order valence-corrected chi connectivity index (χ4v) is 0.791. The average Bonchev–Trinajstić information content (AvgIpc) is 2.22. The number of hydrazine groups is 1. The zero-order valence-corrected chi connectivity index (χ0v) is 8.77. The number of alkyl halides is 4. The first kappa shape index (κ1) is 15.2. The van der Waals surface area contributed by atoms with Gasteiger partial charge < -0.3 is 4.74 Å². The van der Waals surface area contributed by atoms with Crippen LogP contribution in [0.1, 0.15) is 13.3 Å². The van der Waals surface area contributed by atoms with E-state index in [4.69, 9.17) is 5.84 Å². The first-order chi connectivity index (χ1) is 7.44. The van der Waals surface area contributed by atoms with Crippen LogP contribution in [-0.4, -0.2) is 31.6 Å². The van der Waals surface area contributed by atoms with Gasteiger partial charge in [-0.2, -0.15) is 8.78 Å². The number of halogens is 4. The highest BCUT2D eigenvalue weighted by atomic mass is 19.3. The third kappa shape index (κ3) is 5.90. The molecule has 0 amide bonds. The van der Waals surface area contributed by atoms with E-state index in [-0.39, 0.29) is 6.61 Å². The fraction of sp³-hybridized carbons (Fsp3) is 0.778. The molecule has 0 aliphatic carbocycles. The summed E-state index contributed by atoms with van der Waals surface area (Å²) in [5.41, 5.74) is 2.29. The Kier molecular flexibility index (Phi) is 7.05. The molecule has 1 atom stereocenters. The third-order valence-corrected chi connectivity index (χ3v) is 1.69. The van der Waals surface area contributed by atoms with E-state index in [1.165, 1.54) is 0 Å². The lowest BCUT2D eigenvalue weighted by Gasteiger charge is -2.18. The molecule has 0 aliphatic heterocycles. The zero-order valence-electron chi connectivity index (χ0n) is 8.77. The van der Waals surface area contributed by atoms with Crippen molar-refractivity contribution < 1.29 is 22.3 Å². The van der Waals surface area contributed by atoms with E-state index in [1.54, 1.807) is 6.92 Å². The van der Waals surface area contributed by atoms with Crippen molar-refractivity contribution in [2.75, 3.05) is 13.2 Å². The summed E-state index contributed by atoms with van der Waals surface area (Å²) in [5, 5.41) is 0. The number of nitrogens with one attached hydrogen (secondary N) is 1. The van der Waals surface area contributed by atoms with Gasteiger partial charge in [-0.15, -0.1) is 11.8 Å². The Bertz CT molecular complexity index is 250. The van der Waals surface area contributed by atoms with Crippen LogP contribution in [0.4, 0.5) is 17.6 Å². The average molecular weight is 242 g/mol. The van der Waals surface area contributed by atoms with E-state index in [0.29, 0.717) is 6.42 Å². The molecule has 0 saturated heterocycles. The summed E-state index contributed by atoms with van der Waals surface area (Å²) < 4.78 is 52.7. The molecule has 0 aromatic rings. The molecule has 94 valence electrons. The normalized spacial score (nSPS) is 13.4. The first-order valence-corrected chi connectivity index (χ1v) is 4.53. The van der Waals surface area contributed by atoms with Crippen molar-refractivity contribution >= 4 is 0 Å². The molecular weight excluding hydrogens is 228 g/mol. The predicted molar refractivity (Wildman–Crippen MR) is 50.9 cm³/mol. The van der Waals surface area contributed by atoms with Crippen LogP contribution in [0.15, 0.2) is 0 Å². The summed E-state index contributed by atoms with van der Waals surface area (Å²) in [4.78, 5) is 0. The molecule has 0 rings (SSSR count). The highest BCUT2D eigenvalue weighted by Gasteiger charge is 2.41. The van der Waals surface area contributed by atoms with E-state index in [1.807, 2.05) is 0 Å². The Balaban J connectivity index is 3.89. The Morgan fingerprint density at radius 2 is 2.06 bits per heavy atom. The zero-order chi connectivity index (χ0) is 12.6. The number of hydrogen-bond acceptors (Lipinski definition) is 3. The van der Waals surface area contributed by atoms with Gasteiger partial charge in [-0.1, -0.05) is 0 Å². The van der Waals surface area contributed by atoms with Gasteiger partial charge in [0.05, 0.1) is 12.6 Å². The maximum atomic E-state index is 12.4. The second kappa shape index (κ2) is 7.44. The number of nitrogens with two attached hydrogens (primary N) is 1. The van der Waals surface area contributed by atoms with Crippen LogP contribution in [0.5, 0.6) is 0 Å². The van der Waals surface area contributed by atoms with Gasteiger partial charge in [-0.3, -0.25) is 11.3 Å². The maximum absolute atomic E-state index is 12.4. The van der Waals surface area contributed by atoms with E-state index >= 15 is 0 Å². The minimum atomic E-state index is -4.13. The van der Waals surface area contributed by atoms with E-state index < -0.39 is 25.0 Å². The van der Waals surface area contributed by atoms with Gasteiger partial charge in [-0.05, 0) is 6.92 Å². The Labute approximate surface area is 91.3 Å². The molecule has 0 spiro atoms. The largest absolute Gasteiger partial charge is 0.373 e. The van der Waals surface area contributed by atoms with Gasteiger partial charge in [0, 0.05) is 6.42 Å². The van der Waals surface area contributed by atoms with Crippen LogP contribution < -0.4 is 11.3 Å².